The summed E-state index contributed by atoms with van der Waals surface area (Å²) in [7, 11) is 3.01. The molecule has 3 nitrogen and oxygen atoms in total. The molecule has 0 aromatic heterocycles. The Morgan fingerprint density at radius 3 is 2.60 bits per heavy atom. The van der Waals surface area contributed by atoms with Crippen LogP contribution in [-0.2, 0) is 4.57 Å². The van der Waals surface area contributed by atoms with Gasteiger partial charge in [-0.05, 0) is 9.83 Å². The first kappa shape index (κ1) is 10.9. The summed E-state index contributed by atoms with van der Waals surface area (Å²) in [6, 6.07) is 0. The lowest BCUT2D eigenvalue weighted by Crippen LogP contribution is -1.63. The molecule has 2 N–H and O–H groups in total. The highest BCUT2D eigenvalue weighted by Gasteiger charge is 2.13. The second kappa shape index (κ2) is 5.57. The molecular formula is C3H7O3PS3. The van der Waals surface area contributed by atoms with E-state index in [-0.39, 0.29) is 0 Å². The molecule has 7 heteroatoms. The Morgan fingerprint density at radius 2 is 2.20 bits per heavy atom. The molecule has 0 aromatic rings. The third-order valence-corrected chi connectivity index (χ3v) is 7.35. The van der Waals surface area contributed by atoms with Crippen molar-refractivity contribution in [1.29, 1.82) is 0 Å². The van der Waals surface area contributed by atoms with E-state index in [0.717, 1.165) is 9.83 Å². The molecule has 10 heavy (non-hydrogen) atoms. The van der Waals surface area contributed by atoms with E-state index in [1.54, 1.807) is 6.08 Å². The predicted molar refractivity (Wildman–Crippen MR) is 49.9 cm³/mol. The van der Waals surface area contributed by atoms with Gasteiger partial charge in [0, 0.05) is 16.2 Å². The van der Waals surface area contributed by atoms with Gasteiger partial charge in [-0.1, -0.05) is 16.9 Å². The summed E-state index contributed by atoms with van der Waals surface area (Å²) < 4.78 is 10.2. The van der Waals surface area contributed by atoms with Crippen LogP contribution in [0.3, 0.4) is 0 Å². The van der Waals surface area contributed by atoms with Gasteiger partial charge < -0.3 is 9.79 Å². The average molecular weight is 218 g/mol. The zero-order chi connectivity index (χ0) is 8.04. The summed E-state index contributed by atoms with van der Waals surface area (Å²) in [6.07, 6.45) is 1.68. The van der Waals surface area contributed by atoms with Crippen molar-refractivity contribution in [2.75, 3.05) is 5.75 Å². The van der Waals surface area contributed by atoms with Gasteiger partial charge in [-0.15, -0.1) is 6.58 Å². The zero-order valence-corrected chi connectivity index (χ0v) is 8.31. The van der Waals surface area contributed by atoms with E-state index >= 15 is 0 Å². The van der Waals surface area contributed by atoms with Crippen molar-refractivity contribution in [3.63, 3.8) is 0 Å². The smallest absolute Gasteiger partial charge is 0.316 e. The van der Waals surface area contributed by atoms with Crippen LogP contribution in [0.5, 0.6) is 0 Å². The lowest BCUT2D eigenvalue weighted by Gasteiger charge is -1.98. The topological polar surface area (TPSA) is 57.5 Å². The highest BCUT2D eigenvalue weighted by Crippen LogP contribution is 2.60. The van der Waals surface area contributed by atoms with E-state index in [0.29, 0.717) is 16.2 Å². The fourth-order valence-corrected chi connectivity index (χ4v) is 6.14. The van der Waals surface area contributed by atoms with Crippen molar-refractivity contribution in [2.24, 2.45) is 0 Å². The van der Waals surface area contributed by atoms with Crippen LogP contribution in [0.1, 0.15) is 0 Å². The number of rotatable bonds is 5. The molecule has 0 aliphatic heterocycles. The molecule has 0 radical (unpaired) electrons. The minimum absolute atomic E-state index is 0.572. The molecule has 0 aliphatic rings. The molecule has 60 valence electrons. The van der Waals surface area contributed by atoms with Crippen LogP contribution in [0, 0.1) is 0 Å². The first-order valence-electron chi connectivity index (χ1n) is 2.20. The average Bonchev–Trinajstić information content (AvgIpc) is 1.78. The number of hydrogen-bond acceptors (Lipinski definition) is 4. The first-order valence-corrected chi connectivity index (χ1v) is 8.07. The molecule has 0 bridgehead atoms. The highest BCUT2D eigenvalue weighted by atomic mass is 33.6. The molecule has 0 aliphatic carbocycles. The summed E-state index contributed by atoms with van der Waals surface area (Å²) in [6.45, 7) is -0.424. The second-order valence-corrected chi connectivity index (χ2v) is 8.60. The van der Waals surface area contributed by atoms with Gasteiger partial charge >= 0.3 is 6.80 Å². The fraction of sp³-hybridized carbons (Fsp3) is 0.333. The first-order chi connectivity index (χ1) is 4.56. The SMILES string of the molecule is C=CCSSSP(=O)(O)O. The maximum atomic E-state index is 10.2. The van der Waals surface area contributed by atoms with E-state index < -0.39 is 6.80 Å². The summed E-state index contributed by atoms with van der Waals surface area (Å²) >= 11 is 0. The van der Waals surface area contributed by atoms with E-state index in [9.17, 15) is 4.57 Å². The molecule has 0 rings (SSSR count). The summed E-state index contributed by atoms with van der Waals surface area (Å²) in [5.41, 5.74) is 0. The fourth-order valence-electron chi connectivity index (χ4n) is 0.137. The maximum absolute atomic E-state index is 10.2. The third-order valence-electron chi connectivity index (χ3n) is 0.362. The standard InChI is InChI=1S/C3H7O3PS3/c1-2-3-8-10-9-7(4,5)6/h2H,1,3H2,(H2,4,5,6). The molecule has 0 spiro atoms. The summed E-state index contributed by atoms with van der Waals surface area (Å²) in [4.78, 5) is 16.7. The van der Waals surface area contributed by atoms with E-state index in [1.165, 1.54) is 10.8 Å². The molecule has 0 saturated heterocycles. The van der Waals surface area contributed by atoms with Crippen molar-refractivity contribution in [2.45, 2.75) is 0 Å². The molecule has 0 aromatic carbocycles. The molecular weight excluding hydrogens is 211 g/mol. The molecule has 0 fully saturated rings. The second-order valence-electron chi connectivity index (χ2n) is 1.21. The Labute approximate surface area is 70.7 Å². The van der Waals surface area contributed by atoms with Crippen molar-refractivity contribution < 1.29 is 14.4 Å². The molecule has 0 heterocycles. The minimum Gasteiger partial charge on any atom is -0.316 e. The van der Waals surface area contributed by atoms with Crippen molar-refractivity contribution >= 4 is 37.8 Å². The number of hydrogen-bond donors (Lipinski definition) is 2. The van der Waals surface area contributed by atoms with Gasteiger partial charge in [-0.25, -0.2) is 4.57 Å². The molecule has 0 atom stereocenters. The Morgan fingerprint density at radius 1 is 1.60 bits per heavy atom. The largest absolute Gasteiger partial charge is 0.395 e. The van der Waals surface area contributed by atoms with Crippen LogP contribution >= 0.6 is 37.8 Å². The molecule has 0 saturated carbocycles. The Balaban J connectivity index is 3.20. The summed E-state index contributed by atoms with van der Waals surface area (Å²) in [5, 5.41) is 0. The van der Waals surface area contributed by atoms with Crippen molar-refractivity contribution in [3.8, 4) is 0 Å². The van der Waals surface area contributed by atoms with Crippen LogP contribution in [0.25, 0.3) is 0 Å². The molecule has 0 unspecified atom stereocenters. The van der Waals surface area contributed by atoms with Crippen LogP contribution < -0.4 is 0 Å². The highest BCUT2D eigenvalue weighted by molar-refractivity contribution is 9.20. The summed E-state index contributed by atoms with van der Waals surface area (Å²) in [5.74, 6) is 0.692. The van der Waals surface area contributed by atoms with Gasteiger partial charge in [0.15, 0.2) is 0 Å². The Kier molecular flexibility index (Phi) is 6.10. The Hall–Kier alpha value is 0.940. The monoisotopic (exact) mass is 218 g/mol. The van der Waals surface area contributed by atoms with E-state index in [4.69, 9.17) is 9.79 Å². The van der Waals surface area contributed by atoms with Gasteiger partial charge in [-0.2, -0.15) is 0 Å². The third kappa shape index (κ3) is 8.94. The van der Waals surface area contributed by atoms with Crippen molar-refractivity contribution in [3.05, 3.63) is 12.7 Å². The quantitative estimate of drug-likeness (QED) is 0.319. The van der Waals surface area contributed by atoms with Gasteiger partial charge in [0.2, 0.25) is 0 Å². The van der Waals surface area contributed by atoms with Gasteiger partial charge in [0.25, 0.3) is 0 Å². The molecule has 0 amide bonds. The lowest BCUT2D eigenvalue weighted by atomic mass is 10.8. The van der Waals surface area contributed by atoms with Crippen molar-refractivity contribution in [1.82, 2.24) is 0 Å². The van der Waals surface area contributed by atoms with E-state index in [1.807, 2.05) is 0 Å². The maximum Gasteiger partial charge on any atom is 0.395 e. The van der Waals surface area contributed by atoms with Crippen LogP contribution in [-0.4, -0.2) is 15.5 Å². The zero-order valence-electron chi connectivity index (χ0n) is 4.97. The van der Waals surface area contributed by atoms with Gasteiger partial charge in [0.05, 0.1) is 0 Å². The van der Waals surface area contributed by atoms with Gasteiger partial charge in [-0.3, -0.25) is 0 Å². The minimum atomic E-state index is -3.88. The van der Waals surface area contributed by atoms with Crippen LogP contribution in [0.2, 0.25) is 0 Å². The van der Waals surface area contributed by atoms with Crippen LogP contribution in [0.4, 0.5) is 0 Å². The van der Waals surface area contributed by atoms with Gasteiger partial charge in [0.1, 0.15) is 0 Å². The van der Waals surface area contributed by atoms with E-state index in [2.05, 4.69) is 6.58 Å². The van der Waals surface area contributed by atoms with Crippen LogP contribution in [0.15, 0.2) is 12.7 Å². The Bertz CT molecular complexity index is 144. The lowest BCUT2D eigenvalue weighted by molar-refractivity contribution is 0.397. The predicted octanol–water partition coefficient (Wildman–Crippen LogP) is 2.29. The normalized spacial score (nSPS) is 11.4.